The van der Waals surface area contributed by atoms with E-state index in [1.54, 1.807) is 30.0 Å². The summed E-state index contributed by atoms with van der Waals surface area (Å²) in [5, 5.41) is 7.49. The number of amides is 2. The second-order valence-corrected chi connectivity index (χ2v) is 12.2. The van der Waals surface area contributed by atoms with E-state index in [1.807, 2.05) is 30.3 Å². The third-order valence-electron chi connectivity index (χ3n) is 7.30. The number of carbonyl (C=O) groups is 2. The summed E-state index contributed by atoms with van der Waals surface area (Å²) in [5.74, 6) is -0.314. The SMILES string of the molecule is Cc1ccc(OS(=O)(=O)c2cccc(C(F)(F)F)c2)c(-c2cc(-c3ccccc3)n(CC(=O)NCCCN3CCCC3=O)n2)c1. The fraction of sp³-hybridized carbons (Fsp3) is 0.281. The lowest BCUT2D eigenvalue weighted by Crippen LogP contribution is -2.32. The van der Waals surface area contributed by atoms with Crippen LogP contribution in [0.1, 0.15) is 30.4 Å². The molecule has 0 radical (unpaired) electrons. The molecule has 4 aromatic rings. The van der Waals surface area contributed by atoms with Gasteiger partial charge in [0.05, 0.1) is 17.0 Å². The first-order chi connectivity index (χ1) is 21.4. The Morgan fingerprint density at radius 1 is 1.02 bits per heavy atom. The molecule has 13 heteroatoms. The highest BCUT2D eigenvalue weighted by atomic mass is 32.2. The molecular formula is C32H31F3N4O5S. The smallest absolute Gasteiger partial charge is 0.378 e. The Labute approximate surface area is 258 Å². The fourth-order valence-corrected chi connectivity index (χ4v) is 6.05. The first kappa shape index (κ1) is 31.8. The van der Waals surface area contributed by atoms with Crippen LogP contribution in [0.25, 0.3) is 22.5 Å². The molecule has 1 N–H and O–H groups in total. The van der Waals surface area contributed by atoms with Gasteiger partial charge in [-0.3, -0.25) is 14.3 Å². The number of carbonyl (C=O) groups excluding carboxylic acids is 2. The molecule has 0 saturated carbocycles. The number of nitrogens with one attached hydrogen (secondary N) is 1. The van der Waals surface area contributed by atoms with Gasteiger partial charge in [0.2, 0.25) is 11.8 Å². The van der Waals surface area contributed by atoms with Gasteiger partial charge in [0.25, 0.3) is 0 Å². The molecule has 1 aliphatic heterocycles. The summed E-state index contributed by atoms with van der Waals surface area (Å²) in [4.78, 5) is 25.9. The van der Waals surface area contributed by atoms with Crippen LogP contribution >= 0.6 is 0 Å². The molecule has 1 fully saturated rings. The largest absolute Gasteiger partial charge is 0.416 e. The van der Waals surface area contributed by atoms with Gasteiger partial charge in [-0.2, -0.15) is 26.7 Å². The second-order valence-electron chi connectivity index (χ2n) is 10.7. The van der Waals surface area contributed by atoms with Crippen molar-refractivity contribution in [3.63, 3.8) is 0 Å². The topological polar surface area (TPSA) is 111 Å². The van der Waals surface area contributed by atoms with Crippen LogP contribution in [0.4, 0.5) is 13.2 Å². The molecule has 1 aromatic heterocycles. The normalized spacial score (nSPS) is 13.7. The van der Waals surface area contributed by atoms with E-state index in [0.29, 0.717) is 43.4 Å². The summed E-state index contributed by atoms with van der Waals surface area (Å²) < 4.78 is 72.9. The Balaban J connectivity index is 1.41. The molecule has 3 aromatic carbocycles. The lowest BCUT2D eigenvalue weighted by Gasteiger charge is -2.15. The molecule has 1 saturated heterocycles. The number of halogens is 3. The Morgan fingerprint density at radius 2 is 1.80 bits per heavy atom. The van der Waals surface area contributed by atoms with Gasteiger partial charge < -0.3 is 14.4 Å². The third-order valence-corrected chi connectivity index (χ3v) is 8.53. The maximum Gasteiger partial charge on any atom is 0.416 e. The van der Waals surface area contributed by atoms with Crippen molar-refractivity contribution in [3.8, 4) is 28.3 Å². The number of likely N-dealkylation sites (tertiary alicyclic amines) is 1. The number of alkyl halides is 3. The molecule has 5 rings (SSSR count). The lowest BCUT2D eigenvalue weighted by molar-refractivity contribution is -0.137. The van der Waals surface area contributed by atoms with Gasteiger partial charge in [-0.1, -0.05) is 48.0 Å². The molecule has 0 aliphatic carbocycles. The van der Waals surface area contributed by atoms with Crippen molar-refractivity contribution in [1.82, 2.24) is 20.0 Å². The van der Waals surface area contributed by atoms with E-state index in [2.05, 4.69) is 10.4 Å². The van der Waals surface area contributed by atoms with Crippen LogP contribution in [0.15, 0.2) is 83.8 Å². The van der Waals surface area contributed by atoms with Crippen LogP contribution in [-0.4, -0.2) is 54.5 Å². The van der Waals surface area contributed by atoms with Crippen LogP contribution in [-0.2, 0) is 32.4 Å². The predicted molar refractivity (Wildman–Crippen MR) is 161 cm³/mol. The molecule has 0 bridgehead atoms. The van der Waals surface area contributed by atoms with E-state index >= 15 is 0 Å². The highest BCUT2D eigenvalue weighted by molar-refractivity contribution is 7.87. The third kappa shape index (κ3) is 7.72. The predicted octanol–water partition coefficient (Wildman–Crippen LogP) is 5.44. The molecule has 0 unspecified atom stereocenters. The average molecular weight is 641 g/mol. The Kier molecular flexibility index (Phi) is 9.28. The van der Waals surface area contributed by atoms with Crippen molar-refractivity contribution in [2.45, 2.75) is 43.8 Å². The number of nitrogens with zero attached hydrogens (tertiary/aromatic N) is 3. The van der Waals surface area contributed by atoms with Gasteiger partial charge in [0, 0.05) is 31.6 Å². The van der Waals surface area contributed by atoms with Crippen molar-refractivity contribution in [1.29, 1.82) is 0 Å². The summed E-state index contributed by atoms with van der Waals surface area (Å²) in [6.45, 7) is 3.32. The minimum absolute atomic E-state index is 0.125. The first-order valence-electron chi connectivity index (χ1n) is 14.3. The highest BCUT2D eigenvalue weighted by Crippen LogP contribution is 2.36. The number of aryl methyl sites for hydroxylation is 1. The van der Waals surface area contributed by atoms with Crippen LogP contribution < -0.4 is 9.50 Å². The quantitative estimate of drug-likeness (QED) is 0.173. The van der Waals surface area contributed by atoms with Gasteiger partial charge >= 0.3 is 16.3 Å². The monoisotopic (exact) mass is 640 g/mol. The van der Waals surface area contributed by atoms with Crippen molar-refractivity contribution < 1.29 is 35.4 Å². The van der Waals surface area contributed by atoms with Crippen LogP contribution in [0.5, 0.6) is 5.75 Å². The van der Waals surface area contributed by atoms with Crippen molar-refractivity contribution in [3.05, 3.63) is 90.0 Å². The summed E-state index contributed by atoms with van der Waals surface area (Å²) >= 11 is 0. The first-order valence-corrected chi connectivity index (χ1v) is 15.7. The van der Waals surface area contributed by atoms with Crippen LogP contribution in [0.3, 0.4) is 0 Å². The average Bonchev–Trinajstić information content (AvgIpc) is 3.62. The minimum Gasteiger partial charge on any atom is -0.378 e. The standard InChI is InChI=1S/C32H31F3N4O5S/c1-22-13-14-29(44-45(42,43)25-11-5-10-24(19-25)32(33,34)35)26(18-22)27-20-28(23-8-3-2-4-9-23)39(37-27)21-30(40)36-15-7-17-38-16-6-12-31(38)41/h2-5,8-11,13-14,18-20H,6-7,12,15-17,21H2,1H3,(H,36,40). The summed E-state index contributed by atoms with van der Waals surface area (Å²) in [5.41, 5.74) is 1.54. The molecule has 45 heavy (non-hydrogen) atoms. The summed E-state index contributed by atoms with van der Waals surface area (Å²) in [6, 6.07) is 18.9. The number of aromatic nitrogens is 2. The van der Waals surface area contributed by atoms with Gasteiger partial charge in [0.1, 0.15) is 11.4 Å². The molecule has 9 nitrogen and oxygen atoms in total. The van der Waals surface area contributed by atoms with E-state index in [-0.39, 0.29) is 29.7 Å². The van der Waals surface area contributed by atoms with Gasteiger partial charge in [0.15, 0.2) is 5.75 Å². The number of benzene rings is 3. The zero-order valence-corrected chi connectivity index (χ0v) is 25.2. The van der Waals surface area contributed by atoms with E-state index in [9.17, 15) is 31.2 Å². The molecule has 1 aliphatic rings. The zero-order chi connectivity index (χ0) is 32.2. The molecule has 236 valence electrons. The summed E-state index contributed by atoms with van der Waals surface area (Å²) in [6.07, 6.45) is -2.72. The van der Waals surface area contributed by atoms with E-state index in [1.165, 1.54) is 10.7 Å². The second kappa shape index (κ2) is 13.1. The highest BCUT2D eigenvalue weighted by Gasteiger charge is 2.32. The Bertz CT molecular complexity index is 1810. The van der Waals surface area contributed by atoms with Crippen LogP contribution in [0.2, 0.25) is 0 Å². The molecular weight excluding hydrogens is 609 g/mol. The van der Waals surface area contributed by atoms with Gasteiger partial charge in [-0.25, -0.2) is 0 Å². The van der Waals surface area contributed by atoms with Crippen molar-refractivity contribution >= 4 is 21.9 Å². The fourth-order valence-electron chi connectivity index (χ4n) is 5.05. The van der Waals surface area contributed by atoms with Crippen molar-refractivity contribution in [2.24, 2.45) is 0 Å². The Hall–Kier alpha value is -4.65. The number of hydrogen-bond acceptors (Lipinski definition) is 6. The molecule has 0 spiro atoms. The summed E-state index contributed by atoms with van der Waals surface area (Å²) in [7, 11) is -4.66. The molecule has 2 heterocycles. The van der Waals surface area contributed by atoms with E-state index in [4.69, 9.17) is 4.18 Å². The lowest BCUT2D eigenvalue weighted by atomic mass is 10.1. The zero-order valence-electron chi connectivity index (χ0n) is 24.4. The molecule has 0 atom stereocenters. The maximum absolute atomic E-state index is 13.3. The number of rotatable bonds is 11. The van der Waals surface area contributed by atoms with Gasteiger partial charge in [-0.15, -0.1) is 0 Å². The van der Waals surface area contributed by atoms with Crippen molar-refractivity contribution in [2.75, 3.05) is 19.6 Å². The van der Waals surface area contributed by atoms with E-state index < -0.39 is 26.8 Å². The van der Waals surface area contributed by atoms with E-state index in [0.717, 1.165) is 42.3 Å². The Morgan fingerprint density at radius 3 is 2.51 bits per heavy atom. The minimum atomic E-state index is -4.74. The van der Waals surface area contributed by atoms with Crippen LogP contribution in [0, 0.1) is 6.92 Å². The number of hydrogen-bond donors (Lipinski definition) is 1. The van der Waals surface area contributed by atoms with Gasteiger partial charge in [-0.05, 0) is 61.7 Å². The maximum atomic E-state index is 13.3. The molecule has 2 amide bonds.